The second kappa shape index (κ2) is 4.36. The molecule has 0 fully saturated rings. The number of aliphatic hydroxyl groups is 1. The number of nitrogens with zero attached hydrogens (tertiary/aromatic N) is 1. The minimum atomic E-state index is -2.30. The van der Waals surface area contributed by atoms with Crippen molar-refractivity contribution < 1.29 is 29.8 Å². The summed E-state index contributed by atoms with van der Waals surface area (Å²) in [6, 6.07) is -2.02. The Labute approximate surface area is 71.6 Å². The molecule has 0 aliphatic rings. The molecule has 0 aliphatic heterocycles. The van der Waals surface area contributed by atoms with Crippen LogP contribution in [0.3, 0.4) is 0 Å². The van der Waals surface area contributed by atoms with Crippen molar-refractivity contribution in [1.29, 1.82) is 0 Å². The number of hydrogen-bond acceptors (Lipinski definition) is 5. The Hall–Kier alpha value is -1.70. The fraction of sp³-hybridized carbons (Fsp3) is 0.600. The fourth-order valence-corrected chi connectivity index (χ4v) is 0.645. The van der Waals surface area contributed by atoms with Gasteiger partial charge in [-0.3, -0.25) is 14.9 Å². The molecular weight excluding hydrogens is 186 g/mol. The molecule has 0 aliphatic carbocycles. The van der Waals surface area contributed by atoms with Gasteiger partial charge in [0.25, 0.3) is 6.04 Å². The van der Waals surface area contributed by atoms with Crippen LogP contribution < -0.4 is 0 Å². The highest BCUT2D eigenvalue weighted by Crippen LogP contribution is 2.04. The van der Waals surface area contributed by atoms with Crippen molar-refractivity contribution in [1.82, 2.24) is 0 Å². The molecule has 0 saturated heterocycles. The second-order valence-corrected chi connectivity index (χ2v) is 2.23. The molecule has 0 spiro atoms. The molecule has 13 heavy (non-hydrogen) atoms. The van der Waals surface area contributed by atoms with E-state index in [1.165, 1.54) is 0 Å². The maximum atomic E-state index is 10.1. The smallest absolute Gasteiger partial charge is 0.339 e. The summed E-state index contributed by atoms with van der Waals surface area (Å²) in [6.07, 6.45) is -3.33. The van der Waals surface area contributed by atoms with Gasteiger partial charge in [-0.05, 0) is 0 Å². The number of carboxylic acid groups (broad SMARTS) is 2. The topological polar surface area (TPSA) is 138 Å². The van der Waals surface area contributed by atoms with Crippen molar-refractivity contribution in [3.8, 4) is 0 Å². The maximum Gasteiger partial charge on any atom is 0.339 e. The molecule has 0 saturated carbocycles. The molecule has 0 heterocycles. The van der Waals surface area contributed by atoms with Crippen molar-refractivity contribution in [2.45, 2.75) is 18.6 Å². The van der Waals surface area contributed by atoms with Gasteiger partial charge in [0.15, 0.2) is 0 Å². The van der Waals surface area contributed by atoms with Gasteiger partial charge < -0.3 is 15.3 Å². The lowest BCUT2D eigenvalue weighted by atomic mass is 10.1. The Balaban J connectivity index is 4.51. The quantitative estimate of drug-likeness (QED) is 0.358. The molecule has 0 rings (SSSR count). The van der Waals surface area contributed by atoms with Gasteiger partial charge >= 0.3 is 11.9 Å². The van der Waals surface area contributed by atoms with Crippen LogP contribution in [0.4, 0.5) is 0 Å². The van der Waals surface area contributed by atoms with Gasteiger partial charge in [0, 0.05) is 4.92 Å². The Morgan fingerprint density at radius 2 is 1.85 bits per heavy atom. The van der Waals surface area contributed by atoms with Crippen molar-refractivity contribution in [2.24, 2.45) is 0 Å². The zero-order valence-corrected chi connectivity index (χ0v) is 6.28. The van der Waals surface area contributed by atoms with E-state index in [1.807, 2.05) is 0 Å². The molecule has 3 N–H and O–H groups in total. The van der Waals surface area contributed by atoms with Gasteiger partial charge in [-0.25, -0.2) is 4.79 Å². The summed E-state index contributed by atoms with van der Waals surface area (Å²) in [4.78, 5) is 29.1. The number of aliphatic carboxylic acids is 2. The van der Waals surface area contributed by atoms with Crippen LogP contribution in [0.5, 0.6) is 0 Å². The van der Waals surface area contributed by atoms with Crippen LogP contribution in [-0.4, -0.2) is 44.3 Å². The monoisotopic (exact) mass is 193 g/mol. The Morgan fingerprint density at radius 3 is 2.08 bits per heavy atom. The van der Waals surface area contributed by atoms with E-state index in [0.717, 1.165) is 0 Å². The first-order chi connectivity index (χ1) is 5.86. The van der Waals surface area contributed by atoms with Crippen LogP contribution in [0.25, 0.3) is 0 Å². The van der Waals surface area contributed by atoms with Crippen molar-refractivity contribution in [2.75, 3.05) is 0 Å². The molecule has 2 unspecified atom stereocenters. The zero-order chi connectivity index (χ0) is 10.6. The number of carbonyl (C=O) groups is 2. The largest absolute Gasteiger partial charge is 0.481 e. The molecule has 0 bridgehead atoms. The molecule has 0 amide bonds. The van der Waals surface area contributed by atoms with E-state index in [1.54, 1.807) is 0 Å². The highest BCUT2D eigenvalue weighted by Gasteiger charge is 2.37. The lowest BCUT2D eigenvalue weighted by Crippen LogP contribution is -2.40. The third-order valence-corrected chi connectivity index (χ3v) is 1.27. The minimum absolute atomic E-state index is 1.03. The van der Waals surface area contributed by atoms with Crippen LogP contribution in [0.2, 0.25) is 0 Å². The molecule has 0 aromatic rings. The van der Waals surface area contributed by atoms with Crippen molar-refractivity contribution >= 4 is 11.9 Å². The van der Waals surface area contributed by atoms with E-state index < -0.39 is 35.4 Å². The minimum Gasteiger partial charge on any atom is -0.481 e. The first kappa shape index (κ1) is 11.3. The number of hydrogen-bond donors (Lipinski definition) is 3. The van der Waals surface area contributed by atoms with Crippen LogP contribution in [-0.2, 0) is 9.59 Å². The van der Waals surface area contributed by atoms with Gasteiger partial charge in [-0.2, -0.15) is 0 Å². The van der Waals surface area contributed by atoms with Gasteiger partial charge in [-0.15, -0.1) is 0 Å². The van der Waals surface area contributed by atoms with E-state index in [-0.39, 0.29) is 0 Å². The third kappa shape index (κ3) is 3.47. The first-order valence-corrected chi connectivity index (χ1v) is 3.12. The van der Waals surface area contributed by atoms with Gasteiger partial charge in [0.1, 0.15) is 6.42 Å². The SMILES string of the molecule is O=C(O)CC(C(O)C(=O)O)[N+](=O)[O-]. The summed E-state index contributed by atoms with van der Waals surface area (Å²) in [5, 5.41) is 35.1. The summed E-state index contributed by atoms with van der Waals surface area (Å²) in [5.74, 6) is -3.36. The van der Waals surface area contributed by atoms with Gasteiger partial charge in [-0.1, -0.05) is 0 Å². The predicted octanol–water partition coefficient (Wildman–Crippen LogP) is -1.45. The summed E-state index contributed by atoms with van der Waals surface area (Å²) in [5.41, 5.74) is 0. The van der Waals surface area contributed by atoms with E-state index in [9.17, 15) is 19.7 Å². The van der Waals surface area contributed by atoms with E-state index in [2.05, 4.69) is 0 Å². The predicted molar refractivity (Wildman–Crippen MR) is 36.7 cm³/mol. The second-order valence-electron chi connectivity index (χ2n) is 2.23. The molecule has 0 aromatic heterocycles. The molecule has 0 radical (unpaired) electrons. The van der Waals surface area contributed by atoms with Crippen molar-refractivity contribution in [3.63, 3.8) is 0 Å². The number of aliphatic hydroxyl groups excluding tert-OH is 1. The fourth-order valence-electron chi connectivity index (χ4n) is 0.645. The third-order valence-electron chi connectivity index (χ3n) is 1.27. The van der Waals surface area contributed by atoms with E-state index in [4.69, 9.17) is 15.3 Å². The number of carboxylic acids is 2. The van der Waals surface area contributed by atoms with Crippen LogP contribution in [0, 0.1) is 10.1 Å². The highest BCUT2D eigenvalue weighted by atomic mass is 16.6. The average Bonchev–Trinajstić information content (AvgIpc) is 1.97. The molecule has 8 heteroatoms. The summed E-state index contributed by atoms with van der Waals surface area (Å²) in [7, 11) is 0. The summed E-state index contributed by atoms with van der Waals surface area (Å²) in [6.45, 7) is 0. The molecule has 74 valence electrons. The first-order valence-electron chi connectivity index (χ1n) is 3.12. The molecule has 2 atom stereocenters. The van der Waals surface area contributed by atoms with Gasteiger partial charge in [0.2, 0.25) is 6.10 Å². The van der Waals surface area contributed by atoms with Crippen molar-refractivity contribution in [3.05, 3.63) is 10.1 Å². The molecule has 8 nitrogen and oxygen atoms in total. The lowest BCUT2D eigenvalue weighted by Gasteiger charge is -2.09. The standard InChI is InChI=1S/C5H7NO7/c7-3(8)1-2(6(12)13)4(9)5(10)11/h2,4,9H,1H2,(H,7,8)(H,10,11). The number of rotatable bonds is 5. The van der Waals surface area contributed by atoms with Gasteiger partial charge in [0.05, 0.1) is 0 Å². The molecular formula is C5H7NO7. The van der Waals surface area contributed by atoms with Crippen LogP contribution in [0.1, 0.15) is 6.42 Å². The van der Waals surface area contributed by atoms with E-state index in [0.29, 0.717) is 0 Å². The summed E-state index contributed by atoms with van der Waals surface area (Å²) >= 11 is 0. The van der Waals surface area contributed by atoms with Crippen LogP contribution >= 0.6 is 0 Å². The lowest BCUT2D eigenvalue weighted by molar-refractivity contribution is -0.530. The normalized spacial score (nSPS) is 14.5. The van der Waals surface area contributed by atoms with E-state index >= 15 is 0 Å². The zero-order valence-electron chi connectivity index (χ0n) is 6.28. The maximum absolute atomic E-state index is 10.1. The number of nitro groups is 1. The summed E-state index contributed by atoms with van der Waals surface area (Å²) < 4.78 is 0. The molecule has 0 aromatic carbocycles. The Morgan fingerprint density at radius 1 is 1.38 bits per heavy atom. The Kier molecular flexibility index (Phi) is 3.79. The van der Waals surface area contributed by atoms with Crippen LogP contribution in [0.15, 0.2) is 0 Å². The average molecular weight is 193 g/mol. The Bertz CT molecular complexity index is 237. The highest BCUT2D eigenvalue weighted by molar-refractivity contribution is 5.75.